The third-order valence-corrected chi connectivity index (χ3v) is 4.67. The van der Waals surface area contributed by atoms with Crippen LogP contribution in [0.2, 0.25) is 5.02 Å². The molecule has 4 heteroatoms. The fourth-order valence-electron chi connectivity index (χ4n) is 1.95. The summed E-state index contributed by atoms with van der Waals surface area (Å²) in [6, 6.07) is 12.8. The molecule has 0 aliphatic rings. The molecule has 0 aliphatic heterocycles. The summed E-state index contributed by atoms with van der Waals surface area (Å²) < 4.78 is 14.1. The van der Waals surface area contributed by atoms with Crippen molar-refractivity contribution in [2.75, 3.05) is 5.33 Å². The summed E-state index contributed by atoms with van der Waals surface area (Å²) in [6.07, 6.45) is 0.784. The Hall–Kier alpha value is -0.380. The molecule has 19 heavy (non-hydrogen) atoms. The molecular weight excluding hydrogens is 394 g/mol. The normalized spacial score (nSPS) is 12.4. The first-order chi connectivity index (χ1) is 9.10. The molecule has 0 fully saturated rings. The van der Waals surface area contributed by atoms with Crippen LogP contribution in [0.15, 0.2) is 46.9 Å². The number of benzene rings is 2. The Balaban J connectivity index is 2.21. The molecule has 100 valence electrons. The second kappa shape index (κ2) is 6.87. The van der Waals surface area contributed by atoms with Gasteiger partial charge in [0, 0.05) is 14.8 Å². The third-order valence-electron chi connectivity index (χ3n) is 3.01. The van der Waals surface area contributed by atoms with Crippen molar-refractivity contribution in [3.63, 3.8) is 0 Å². The van der Waals surface area contributed by atoms with Crippen LogP contribution in [0.25, 0.3) is 0 Å². The molecule has 2 aromatic carbocycles. The van der Waals surface area contributed by atoms with E-state index in [1.807, 2.05) is 12.1 Å². The van der Waals surface area contributed by atoms with Crippen LogP contribution in [0.5, 0.6) is 0 Å². The Bertz CT molecular complexity index is 555. The van der Waals surface area contributed by atoms with E-state index in [0.717, 1.165) is 21.8 Å². The molecule has 0 aromatic heterocycles. The highest BCUT2D eigenvalue weighted by atomic mass is 79.9. The molecular formula is C15H12Br2ClF. The number of halogens is 4. The highest BCUT2D eigenvalue weighted by molar-refractivity contribution is 9.10. The van der Waals surface area contributed by atoms with E-state index in [-0.39, 0.29) is 5.82 Å². The van der Waals surface area contributed by atoms with Gasteiger partial charge in [-0.3, -0.25) is 0 Å². The van der Waals surface area contributed by atoms with Crippen LogP contribution >= 0.6 is 43.5 Å². The van der Waals surface area contributed by atoms with Crippen molar-refractivity contribution in [2.24, 2.45) is 0 Å². The Morgan fingerprint density at radius 1 is 1.11 bits per heavy atom. The largest absolute Gasteiger partial charge is 0.207 e. The van der Waals surface area contributed by atoms with E-state index in [2.05, 4.69) is 44.0 Å². The van der Waals surface area contributed by atoms with E-state index in [9.17, 15) is 4.39 Å². The lowest BCUT2D eigenvalue weighted by Crippen LogP contribution is -2.05. The van der Waals surface area contributed by atoms with Gasteiger partial charge >= 0.3 is 0 Å². The fraction of sp³-hybridized carbons (Fsp3) is 0.200. The number of hydrogen-bond donors (Lipinski definition) is 0. The average Bonchev–Trinajstić information content (AvgIpc) is 2.39. The van der Waals surface area contributed by atoms with Crippen molar-refractivity contribution in [3.05, 3.63) is 68.9 Å². The predicted octanol–water partition coefficient (Wildman–Crippen LogP) is 5.96. The van der Waals surface area contributed by atoms with Crippen LogP contribution in [0.1, 0.15) is 17.0 Å². The van der Waals surface area contributed by atoms with Crippen molar-refractivity contribution in [1.29, 1.82) is 0 Å². The van der Waals surface area contributed by atoms with Gasteiger partial charge in [-0.25, -0.2) is 4.39 Å². The van der Waals surface area contributed by atoms with Crippen LogP contribution in [-0.4, -0.2) is 5.33 Å². The zero-order valence-electron chi connectivity index (χ0n) is 10.0. The molecule has 0 spiro atoms. The van der Waals surface area contributed by atoms with Gasteiger partial charge in [-0.1, -0.05) is 61.7 Å². The van der Waals surface area contributed by atoms with Gasteiger partial charge in [0.1, 0.15) is 5.82 Å². The maximum absolute atomic E-state index is 13.0. The van der Waals surface area contributed by atoms with Gasteiger partial charge in [-0.15, -0.1) is 0 Å². The molecule has 0 bridgehead atoms. The van der Waals surface area contributed by atoms with E-state index in [1.54, 1.807) is 6.07 Å². The van der Waals surface area contributed by atoms with Crippen LogP contribution in [0.3, 0.4) is 0 Å². The maximum Gasteiger partial charge on any atom is 0.124 e. The minimum atomic E-state index is -0.298. The SMILES string of the molecule is Fc1ccc(CC(CBr)c2ccc(Br)cc2)c(Cl)c1. The van der Waals surface area contributed by atoms with Crippen LogP contribution < -0.4 is 0 Å². The molecule has 0 radical (unpaired) electrons. The summed E-state index contributed by atoms with van der Waals surface area (Å²) >= 11 is 13.0. The number of alkyl halides is 1. The summed E-state index contributed by atoms with van der Waals surface area (Å²) in [7, 11) is 0. The Kier molecular flexibility index (Phi) is 5.43. The summed E-state index contributed by atoms with van der Waals surface area (Å²) in [5.41, 5.74) is 2.20. The van der Waals surface area contributed by atoms with Gasteiger partial charge in [-0.2, -0.15) is 0 Å². The Morgan fingerprint density at radius 3 is 2.37 bits per heavy atom. The third kappa shape index (κ3) is 4.04. The van der Waals surface area contributed by atoms with Crippen molar-refractivity contribution in [3.8, 4) is 0 Å². The summed E-state index contributed by atoms with van der Waals surface area (Å²) in [5.74, 6) is 0.0174. The average molecular weight is 407 g/mol. The number of rotatable bonds is 4. The van der Waals surface area contributed by atoms with Gasteiger partial charge in [-0.05, 0) is 47.7 Å². The highest BCUT2D eigenvalue weighted by Gasteiger charge is 2.13. The van der Waals surface area contributed by atoms with Gasteiger partial charge in [0.2, 0.25) is 0 Å². The first-order valence-corrected chi connectivity index (χ1v) is 8.14. The molecule has 1 unspecified atom stereocenters. The van der Waals surface area contributed by atoms with Crippen LogP contribution in [0, 0.1) is 5.82 Å². The molecule has 2 rings (SSSR count). The van der Waals surface area contributed by atoms with E-state index >= 15 is 0 Å². The highest BCUT2D eigenvalue weighted by Crippen LogP contribution is 2.28. The summed E-state index contributed by atoms with van der Waals surface area (Å²) in [4.78, 5) is 0. The van der Waals surface area contributed by atoms with Gasteiger partial charge < -0.3 is 0 Å². The quantitative estimate of drug-likeness (QED) is 0.550. The molecule has 0 saturated carbocycles. The Morgan fingerprint density at radius 2 is 1.79 bits per heavy atom. The monoisotopic (exact) mass is 404 g/mol. The molecule has 0 aliphatic carbocycles. The van der Waals surface area contributed by atoms with Gasteiger partial charge in [0.05, 0.1) is 0 Å². The topological polar surface area (TPSA) is 0 Å². The van der Waals surface area contributed by atoms with Gasteiger partial charge in [0.15, 0.2) is 0 Å². The molecule has 0 saturated heterocycles. The van der Waals surface area contributed by atoms with Crippen molar-refractivity contribution in [1.82, 2.24) is 0 Å². The van der Waals surface area contributed by atoms with E-state index < -0.39 is 0 Å². The van der Waals surface area contributed by atoms with Crippen LogP contribution in [0.4, 0.5) is 4.39 Å². The van der Waals surface area contributed by atoms with Gasteiger partial charge in [0.25, 0.3) is 0 Å². The molecule has 0 N–H and O–H groups in total. The molecule has 0 nitrogen and oxygen atoms in total. The van der Waals surface area contributed by atoms with E-state index in [0.29, 0.717) is 10.9 Å². The first kappa shape index (κ1) is 15.0. The lowest BCUT2D eigenvalue weighted by atomic mass is 9.94. The minimum absolute atomic E-state index is 0.298. The molecule has 2 aromatic rings. The van der Waals surface area contributed by atoms with Crippen molar-refractivity contribution in [2.45, 2.75) is 12.3 Å². The minimum Gasteiger partial charge on any atom is -0.207 e. The molecule has 0 heterocycles. The standard InChI is InChI=1S/C15H12Br2ClF/c16-9-12(10-1-4-13(17)5-2-10)7-11-3-6-14(19)8-15(11)18/h1-6,8,12H,7,9H2. The number of hydrogen-bond acceptors (Lipinski definition) is 0. The maximum atomic E-state index is 13.0. The first-order valence-electron chi connectivity index (χ1n) is 5.85. The Labute approximate surface area is 134 Å². The van der Waals surface area contributed by atoms with Crippen molar-refractivity contribution < 1.29 is 4.39 Å². The van der Waals surface area contributed by atoms with E-state index in [4.69, 9.17) is 11.6 Å². The second-order valence-electron chi connectivity index (χ2n) is 4.34. The summed E-state index contributed by atoms with van der Waals surface area (Å²) in [6.45, 7) is 0. The van der Waals surface area contributed by atoms with E-state index in [1.165, 1.54) is 17.7 Å². The van der Waals surface area contributed by atoms with Crippen LogP contribution in [-0.2, 0) is 6.42 Å². The lowest BCUT2D eigenvalue weighted by Gasteiger charge is -2.15. The smallest absolute Gasteiger partial charge is 0.124 e. The fourth-order valence-corrected chi connectivity index (χ4v) is 3.06. The summed E-state index contributed by atoms with van der Waals surface area (Å²) in [5, 5.41) is 1.32. The zero-order chi connectivity index (χ0) is 13.8. The molecule has 0 amide bonds. The van der Waals surface area contributed by atoms with Crippen molar-refractivity contribution >= 4 is 43.5 Å². The lowest BCUT2D eigenvalue weighted by molar-refractivity contribution is 0.626. The second-order valence-corrected chi connectivity index (χ2v) is 6.31. The zero-order valence-corrected chi connectivity index (χ0v) is 14.0. The molecule has 1 atom stereocenters. The predicted molar refractivity (Wildman–Crippen MR) is 85.8 cm³/mol.